The third-order valence-corrected chi connectivity index (χ3v) is 2.42. The number of halogens is 3. The van der Waals surface area contributed by atoms with Gasteiger partial charge >= 0.3 is 12.1 Å². The predicted molar refractivity (Wildman–Crippen MR) is 62.8 cm³/mol. The maximum absolute atomic E-state index is 12.3. The van der Waals surface area contributed by atoms with Gasteiger partial charge in [0.05, 0.1) is 0 Å². The zero-order valence-corrected chi connectivity index (χ0v) is 9.77. The molecule has 0 atom stereocenters. The van der Waals surface area contributed by atoms with Gasteiger partial charge < -0.3 is 9.43 Å². The Balaban J connectivity index is 2.42. The van der Waals surface area contributed by atoms with Gasteiger partial charge in [0.15, 0.2) is 0 Å². The lowest BCUT2D eigenvalue weighted by molar-refractivity contribution is -0.159. The minimum Gasteiger partial charge on any atom is -0.363 e. The van der Waals surface area contributed by atoms with Crippen LogP contribution in [0, 0.1) is 6.92 Å². The molecule has 2 rings (SSSR count). The lowest BCUT2D eigenvalue weighted by Gasteiger charge is -2.01. The molecule has 0 unspecified atom stereocenters. The highest BCUT2D eigenvalue weighted by Gasteiger charge is 2.38. The summed E-state index contributed by atoms with van der Waals surface area (Å²) in [6.07, 6.45) is -3.26. The summed E-state index contributed by atoms with van der Waals surface area (Å²) in [6, 6.07) is 4.88. The van der Waals surface area contributed by atoms with Gasteiger partial charge in [-0.2, -0.15) is 18.2 Å². The summed E-state index contributed by atoms with van der Waals surface area (Å²) in [7, 11) is 5.05. The van der Waals surface area contributed by atoms with E-state index in [4.69, 9.17) is 7.98 Å². The second kappa shape index (κ2) is 4.87. The predicted octanol–water partition coefficient (Wildman–Crippen LogP) is 2.57. The molecule has 0 amide bonds. The molecule has 0 aliphatic heterocycles. The number of hydrogen-bond donors (Lipinski definition) is 0. The van der Waals surface area contributed by atoms with Gasteiger partial charge in [-0.05, 0) is 24.1 Å². The van der Waals surface area contributed by atoms with E-state index in [-0.39, 0.29) is 5.82 Å². The highest BCUT2D eigenvalue weighted by molar-refractivity contribution is 6.11. The number of alkyl halides is 3. The number of hydrogen-bond acceptors (Lipinski definition) is 4. The monoisotopic (exact) mass is 265 g/mol. The summed E-state index contributed by atoms with van der Waals surface area (Å²) < 4.78 is 41.2. The lowest BCUT2D eigenvalue weighted by atomic mass is 10.1. The van der Waals surface area contributed by atoms with Crippen molar-refractivity contribution < 1.29 is 17.7 Å². The van der Waals surface area contributed by atoms with Crippen LogP contribution in [0.3, 0.4) is 0 Å². The Morgan fingerprint density at radius 1 is 1.37 bits per heavy atom. The third-order valence-electron chi connectivity index (χ3n) is 2.42. The van der Waals surface area contributed by atoms with Gasteiger partial charge in [0.1, 0.15) is 0 Å². The molecule has 0 saturated carbocycles. The minimum atomic E-state index is -4.66. The Morgan fingerprint density at radius 2 is 2.11 bits per heavy atom. The molecule has 0 fully saturated rings. The third kappa shape index (κ3) is 2.83. The van der Waals surface area contributed by atoms with Crippen LogP contribution in [0.1, 0.15) is 17.0 Å². The quantitative estimate of drug-likeness (QED) is 0.619. The molecule has 1 heterocycles. The Hall–Kier alpha value is -2.12. The largest absolute Gasteiger partial charge is 0.471 e. The van der Waals surface area contributed by atoms with Crippen LogP contribution in [0.2, 0.25) is 0 Å². The minimum absolute atomic E-state index is 0.140. The number of rotatable bonds is 2. The van der Waals surface area contributed by atoms with Crippen molar-refractivity contribution in [1.82, 2.24) is 10.1 Å². The molecule has 1 aromatic heterocycles. The average molecular weight is 265 g/mol. The molecule has 0 bridgehead atoms. The van der Waals surface area contributed by atoms with Crippen LogP contribution < -0.4 is 0 Å². The van der Waals surface area contributed by atoms with Gasteiger partial charge in [-0.3, -0.25) is 0 Å². The van der Waals surface area contributed by atoms with E-state index < -0.39 is 12.1 Å². The second-order valence-corrected chi connectivity index (χ2v) is 3.77. The van der Waals surface area contributed by atoms with Crippen molar-refractivity contribution in [2.45, 2.75) is 13.1 Å². The summed E-state index contributed by atoms with van der Waals surface area (Å²) >= 11 is 0. The van der Waals surface area contributed by atoms with Crippen molar-refractivity contribution in [3.63, 3.8) is 0 Å². The van der Waals surface area contributed by atoms with Crippen molar-refractivity contribution in [1.29, 1.82) is 0 Å². The van der Waals surface area contributed by atoms with Crippen LogP contribution in [0.15, 0.2) is 27.6 Å². The molecule has 0 aliphatic rings. The van der Waals surface area contributed by atoms with Crippen LogP contribution in [0.25, 0.3) is 11.4 Å². The zero-order valence-electron chi connectivity index (χ0n) is 9.77. The van der Waals surface area contributed by atoms with Crippen molar-refractivity contribution in [3.8, 4) is 11.4 Å². The molecule has 4 nitrogen and oxygen atoms in total. The molecule has 0 spiro atoms. The fraction of sp³-hybridized carbons (Fsp3) is 0.182. The van der Waals surface area contributed by atoms with Crippen molar-refractivity contribution in [3.05, 3.63) is 35.2 Å². The highest BCUT2D eigenvalue weighted by Crippen LogP contribution is 2.29. The van der Waals surface area contributed by atoms with Crippen LogP contribution >= 0.6 is 0 Å². The zero-order chi connectivity index (χ0) is 14.0. The first-order valence-electron chi connectivity index (χ1n) is 5.17. The first-order chi connectivity index (χ1) is 8.91. The van der Waals surface area contributed by atoms with Gasteiger partial charge in [-0.1, -0.05) is 17.3 Å². The molecule has 0 aliphatic carbocycles. The molecular formula is C11H7BF3N3O. The standard InChI is InChI=1S/C11H7BF3N3O/c1-6-2-3-7(4-8(6)5-16-12)9-17-10(19-18-9)11(13,14)15/h2-5H,1H3. The summed E-state index contributed by atoms with van der Waals surface area (Å²) in [5.41, 5.74) is 1.93. The number of aromatic nitrogens is 2. The molecule has 2 aromatic rings. The van der Waals surface area contributed by atoms with Crippen LogP contribution in [-0.4, -0.2) is 24.3 Å². The average Bonchev–Trinajstić information content (AvgIpc) is 2.81. The maximum atomic E-state index is 12.3. The number of aryl methyl sites for hydroxylation is 1. The molecule has 0 N–H and O–H groups in total. The SMILES string of the molecule is [B]N=Cc1cc(-c2noc(C(F)(F)F)n2)ccc1C. The Morgan fingerprint density at radius 3 is 2.68 bits per heavy atom. The van der Waals surface area contributed by atoms with Gasteiger partial charge in [-0.25, -0.2) is 0 Å². The van der Waals surface area contributed by atoms with Gasteiger partial charge in [-0.15, -0.1) is 0 Å². The summed E-state index contributed by atoms with van der Waals surface area (Å²) in [4.78, 5) is 6.68. The highest BCUT2D eigenvalue weighted by atomic mass is 19.4. The van der Waals surface area contributed by atoms with Crippen molar-refractivity contribution in [2.24, 2.45) is 4.90 Å². The first-order valence-corrected chi connectivity index (χ1v) is 5.17. The molecular weight excluding hydrogens is 258 g/mol. The normalized spacial score (nSPS) is 12.2. The number of nitrogens with zero attached hydrogens (tertiary/aromatic N) is 3. The summed E-state index contributed by atoms with van der Waals surface area (Å²) in [6.45, 7) is 1.82. The van der Waals surface area contributed by atoms with Crippen LogP contribution in [0.5, 0.6) is 0 Å². The van der Waals surface area contributed by atoms with Crippen molar-refractivity contribution >= 4 is 14.2 Å². The van der Waals surface area contributed by atoms with E-state index >= 15 is 0 Å². The Bertz CT molecular complexity index is 622. The number of benzene rings is 1. The van der Waals surface area contributed by atoms with E-state index in [9.17, 15) is 13.2 Å². The molecule has 19 heavy (non-hydrogen) atoms. The topological polar surface area (TPSA) is 51.3 Å². The summed E-state index contributed by atoms with van der Waals surface area (Å²) in [5.74, 6) is -1.52. The van der Waals surface area contributed by atoms with E-state index in [0.717, 1.165) is 5.56 Å². The van der Waals surface area contributed by atoms with Gasteiger partial charge in [0.25, 0.3) is 7.98 Å². The molecule has 96 valence electrons. The van der Waals surface area contributed by atoms with Crippen LogP contribution in [0.4, 0.5) is 13.2 Å². The molecule has 1 aromatic carbocycles. The maximum Gasteiger partial charge on any atom is 0.471 e. The fourth-order valence-electron chi connectivity index (χ4n) is 1.45. The van der Waals surface area contributed by atoms with Crippen LogP contribution in [-0.2, 0) is 6.18 Å². The van der Waals surface area contributed by atoms with E-state index in [1.54, 1.807) is 18.2 Å². The van der Waals surface area contributed by atoms with Crippen molar-refractivity contribution in [2.75, 3.05) is 0 Å². The lowest BCUT2D eigenvalue weighted by Crippen LogP contribution is -2.04. The fourth-order valence-corrected chi connectivity index (χ4v) is 1.45. The molecule has 0 saturated heterocycles. The van der Waals surface area contributed by atoms with E-state index in [1.165, 1.54) is 6.21 Å². The van der Waals surface area contributed by atoms with Gasteiger partial charge in [0.2, 0.25) is 5.82 Å². The van der Waals surface area contributed by atoms with Gasteiger partial charge in [0, 0.05) is 11.8 Å². The molecule has 8 heteroatoms. The second-order valence-electron chi connectivity index (χ2n) is 3.77. The van der Waals surface area contributed by atoms with E-state index in [2.05, 4.69) is 19.6 Å². The van der Waals surface area contributed by atoms with E-state index in [1.807, 2.05) is 6.92 Å². The Kier molecular flexibility index (Phi) is 3.41. The first kappa shape index (κ1) is 13.3. The summed E-state index contributed by atoms with van der Waals surface area (Å²) in [5, 5.41) is 3.30. The smallest absolute Gasteiger partial charge is 0.363 e. The van der Waals surface area contributed by atoms with E-state index in [0.29, 0.717) is 11.1 Å². The molecule has 2 radical (unpaired) electrons. The Labute approximate surface area is 107 Å².